The van der Waals surface area contributed by atoms with Crippen LogP contribution in [0, 0.1) is 0 Å². The first-order valence-corrected chi connectivity index (χ1v) is 12.4. The van der Waals surface area contributed by atoms with Gasteiger partial charge in [0.25, 0.3) is 10.0 Å². The van der Waals surface area contributed by atoms with Gasteiger partial charge >= 0.3 is 11.9 Å². The highest BCUT2D eigenvalue weighted by Gasteiger charge is 2.41. The summed E-state index contributed by atoms with van der Waals surface area (Å²) < 4.78 is 43.0. The number of ether oxygens (including phenoxy) is 3. The molecule has 0 aromatic heterocycles. The van der Waals surface area contributed by atoms with E-state index < -0.39 is 22.0 Å². The van der Waals surface area contributed by atoms with Crippen molar-refractivity contribution in [2.24, 2.45) is 0 Å². The largest absolute Gasteiger partial charge is 0.464 e. The number of hydrogen-bond acceptors (Lipinski definition) is 8. The number of carbonyl (C=O) groups is 2. The lowest BCUT2D eigenvalue weighted by Gasteiger charge is -2.31. The lowest BCUT2D eigenvalue weighted by Crippen LogP contribution is -2.39. The Balaban J connectivity index is 1.65. The van der Waals surface area contributed by atoms with Crippen molar-refractivity contribution in [1.82, 2.24) is 9.21 Å². The summed E-state index contributed by atoms with van der Waals surface area (Å²) in [6.45, 7) is 5.39. The summed E-state index contributed by atoms with van der Waals surface area (Å²) in [5.41, 5.74) is 1.11. The second-order valence-corrected chi connectivity index (χ2v) is 9.64. The normalized spacial score (nSPS) is 17.8. The Labute approximate surface area is 198 Å². The number of methoxy groups -OCH3 is 1. The maximum absolute atomic E-state index is 13.1. The number of fused-ring (bicyclic) bond motifs is 1. The van der Waals surface area contributed by atoms with Crippen LogP contribution in [-0.2, 0) is 35.6 Å². The van der Waals surface area contributed by atoms with Crippen LogP contribution in [0.3, 0.4) is 0 Å². The number of nitrogens with zero attached hydrogens (tertiary/aromatic N) is 2. The average Bonchev–Trinajstić information content (AvgIpc) is 2.86. The first-order valence-electron chi connectivity index (χ1n) is 10.9. The summed E-state index contributed by atoms with van der Waals surface area (Å²) in [5.74, 6) is -1.77. The van der Waals surface area contributed by atoms with E-state index in [1.807, 2.05) is 12.1 Å². The van der Waals surface area contributed by atoms with Gasteiger partial charge in [-0.25, -0.2) is 18.0 Å². The summed E-state index contributed by atoms with van der Waals surface area (Å²) in [4.78, 5) is 27.9. The van der Waals surface area contributed by atoms with Crippen LogP contribution in [0.5, 0.6) is 0 Å². The van der Waals surface area contributed by atoms with E-state index in [0.717, 1.165) is 36.6 Å². The van der Waals surface area contributed by atoms with E-state index in [1.54, 1.807) is 31.2 Å². The number of likely N-dealkylation sites (N-methyl/N-ethyl adjacent to an activating group) is 1. The fourth-order valence-corrected chi connectivity index (χ4v) is 5.66. The van der Waals surface area contributed by atoms with Gasteiger partial charge in [-0.15, -0.1) is 0 Å². The van der Waals surface area contributed by atoms with Gasteiger partial charge in [-0.2, -0.15) is 0 Å². The summed E-state index contributed by atoms with van der Waals surface area (Å²) >= 11 is 0. The van der Waals surface area contributed by atoms with Crippen LogP contribution in [0.4, 0.5) is 0 Å². The second kappa shape index (κ2) is 9.96. The molecule has 1 fully saturated rings. The van der Waals surface area contributed by atoms with Crippen molar-refractivity contribution in [2.45, 2.75) is 18.4 Å². The van der Waals surface area contributed by atoms with Gasteiger partial charge in [0.15, 0.2) is 11.5 Å². The molecule has 10 heteroatoms. The third-order valence-electron chi connectivity index (χ3n) is 5.72. The van der Waals surface area contributed by atoms with Gasteiger partial charge in [-0.05, 0) is 36.8 Å². The fourth-order valence-electron chi connectivity index (χ4n) is 4.00. The van der Waals surface area contributed by atoms with Crippen LogP contribution < -0.4 is 0 Å². The molecule has 2 aromatic carbocycles. The zero-order chi connectivity index (χ0) is 24.3. The molecule has 0 spiro atoms. The third-order valence-corrected chi connectivity index (χ3v) is 7.66. The molecule has 2 aliphatic rings. The highest BCUT2D eigenvalue weighted by Crippen LogP contribution is 2.38. The molecule has 0 bridgehead atoms. The number of hydrogen-bond donors (Lipinski definition) is 0. The molecule has 0 unspecified atom stereocenters. The minimum Gasteiger partial charge on any atom is -0.464 e. The van der Waals surface area contributed by atoms with Crippen molar-refractivity contribution in [2.75, 3.05) is 40.0 Å². The van der Waals surface area contributed by atoms with Crippen LogP contribution in [0.25, 0.3) is 5.76 Å². The summed E-state index contributed by atoms with van der Waals surface area (Å²) in [6, 6.07) is 13.1. The standard InChI is InChI=1S/C24H26N2O7S/c1-3-26-21(24(28)31-2)22(19-6-4-5-7-20(19)34(26,29)30)33-23(27)18-10-8-17(9-11-18)16-25-12-14-32-15-13-25/h4-11H,3,12-16H2,1-2H3. The predicted octanol–water partition coefficient (Wildman–Crippen LogP) is 2.24. The SMILES string of the molecule is CCN1C(C(=O)OC)=C(OC(=O)c2ccc(CN3CCOCC3)cc2)c2ccccc2S1(=O)=O. The van der Waals surface area contributed by atoms with Crippen LogP contribution in [0.2, 0.25) is 0 Å². The molecule has 34 heavy (non-hydrogen) atoms. The van der Waals surface area contributed by atoms with E-state index in [-0.39, 0.29) is 34.0 Å². The van der Waals surface area contributed by atoms with E-state index in [4.69, 9.17) is 14.2 Å². The lowest BCUT2D eigenvalue weighted by atomic mass is 10.1. The van der Waals surface area contributed by atoms with Gasteiger partial charge in [-0.3, -0.25) is 9.21 Å². The number of morpholine rings is 1. The third kappa shape index (κ3) is 4.56. The molecular formula is C24H26N2O7S. The first kappa shape index (κ1) is 23.9. The fraction of sp³-hybridized carbons (Fsp3) is 0.333. The number of carbonyl (C=O) groups excluding carboxylic acids is 2. The number of benzene rings is 2. The molecule has 180 valence electrons. The Kier molecular flexibility index (Phi) is 7.01. The molecule has 2 aromatic rings. The van der Waals surface area contributed by atoms with Crippen molar-refractivity contribution in [1.29, 1.82) is 0 Å². The molecular weight excluding hydrogens is 460 g/mol. The van der Waals surface area contributed by atoms with E-state index in [2.05, 4.69) is 4.90 Å². The monoisotopic (exact) mass is 486 g/mol. The Morgan fingerprint density at radius 2 is 1.68 bits per heavy atom. The van der Waals surface area contributed by atoms with Crippen LogP contribution in [0.15, 0.2) is 59.1 Å². The summed E-state index contributed by atoms with van der Waals surface area (Å²) in [7, 11) is -2.88. The van der Waals surface area contributed by atoms with Gasteiger partial charge in [0, 0.05) is 31.7 Å². The molecule has 2 heterocycles. The van der Waals surface area contributed by atoms with Gasteiger partial charge in [-0.1, -0.05) is 24.3 Å². The predicted molar refractivity (Wildman–Crippen MR) is 123 cm³/mol. The summed E-state index contributed by atoms with van der Waals surface area (Å²) in [5, 5.41) is 0. The van der Waals surface area contributed by atoms with Crippen molar-refractivity contribution in [3.63, 3.8) is 0 Å². The second-order valence-electron chi connectivity index (χ2n) is 7.81. The Hall–Kier alpha value is -3.21. The van der Waals surface area contributed by atoms with Crippen LogP contribution in [-0.4, -0.2) is 69.5 Å². The van der Waals surface area contributed by atoms with Crippen LogP contribution in [0.1, 0.15) is 28.4 Å². The maximum Gasteiger partial charge on any atom is 0.359 e. The maximum atomic E-state index is 13.1. The van der Waals surface area contributed by atoms with Gasteiger partial charge in [0.2, 0.25) is 0 Å². The quantitative estimate of drug-likeness (QED) is 0.573. The van der Waals surface area contributed by atoms with Gasteiger partial charge < -0.3 is 14.2 Å². The Bertz CT molecular complexity index is 1220. The van der Waals surface area contributed by atoms with E-state index in [1.165, 1.54) is 12.1 Å². The highest BCUT2D eigenvalue weighted by atomic mass is 32.2. The van der Waals surface area contributed by atoms with Crippen molar-refractivity contribution < 1.29 is 32.2 Å². The molecule has 2 aliphatic heterocycles. The van der Waals surface area contributed by atoms with Gasteiger partial charge in [0.1, 0.15) is 0 Å². The first-order chi connectivity index (χ1) is 16.4. The van der Waals surface area contributed by atoms with Crippen molar-refractivity contribution in [3.8, 4) is 0 Å². The minimum atomic E-state index is -4.02. The molecule has 0 atom stereocenters. The molecule has 0 N–H and O–H groups in total. The smallest absolute Gasteiger partial charge is 0.359 e. The molecule has 0 amide bonds. The minimum absolute atomic E-state index is 0.0433. The number of sulfonamides is 1. The zero-order valence-corrected chi connectivity index (χ0v) is 19.8. The molecule has 0 saturated carbocycles. The molecule has 0 radical (unpaired) electrons. The topological polar surface area (TPSA) is 102 Å². The Morgan fingerprint density at radius 3 is 2.32 bits per heavy atom. The average molecular weight is 487 g/mol. The molecule has 9 nitrogen and oxygen atoms in total. The number of esters is 2. The summed E-state index contributed by atoms with van der Waals surface area (Å²) in [6.07, 6.45) is 0. The molecule has 0 aliphatic carbocycles. The highest BCUT2D eigenvalue weighted by molar-refractivity contribution is 7.89. The number of rotatable bonds is 6. The van der Waals surface area contributed by atoms with Crippen molar-refractivity contribution in [3.05, 3.63) is 70.9 Å². The van der Waals surface area contributed by atoms with Gasteiger partial charge in [0.05, 0.1) is 30.8 Å². The van der Waals surface area contributed by atoms with E-state index >= 15 is 0 Å². The molecule has 1 saturated heterocycles. The Morgan fingerprint density at radius 1 is 1.00 bits per heavy atom. The lowest BCUT2D eigenvalue weighted by molar-refractivity contribution is -0.137. The zero-order valence-electron chi connectivity index (χ0n) is 19.0. The van der Waals surface area contributed by atoms with Crippen LogP contribution >= 0.6 is 0 Å². The van der Waals surface area contributed by atoms with E-state index in [9.17, 15) is 18.0 Å². The molecule has 4 rings (SSSR count). The van der Waals surface area contributed by atoms with E-state index in [0.29, 0.717) is 13.2 Å². The van der Waals surface area contributed by atoms with Crippen molar-refractivity contribution >= 4 is 27.7 Å².